The second kappa shape index (κ2) is 6.86. The smallest absolute Gasteiger partial charge is 0.323 e. The highest BCUT2D eigenvalue weighted by Gasteiger charge is 2.24. The zero-order valence-electron chi connectivity index (χ0n) is 10.4. The minimum atomic E-state index is -0.503. The van der Waals surface area contributed by atoms with Crippen molar-refractivity contribution in [2.24, 2.45) is 5.73 Å². The number of nitrogens with zero attached hydrogens (tertiary/aromatic N) is 1. The molecule has 0 aliphatic carbocycles. The van der Waals surface area contributed by atoms with Crippen molar-refractivity contribution < 1.29 is 9.53 Å². The van der Waals surface area contributed by atoms with Gasteiger partial charge in [0, 0.05) is 12.6 Å². The molecule has 4 heteroatoms. The number of carbonyl (C=O) groups excluding carboxylic acids is 1. The first kappa shape index (κ1) is 13.5. The molecule has 0 aromatic heterocycles. The van der Waals surface area contributed by atoms with E-state index in [1.54, 1.807) is 0 Å². The largest absolute Gasteiger partial charge is 0.468 e. The van der Waals surface area contributed by atoms with Gasteiger partial charge in [-0.25, -0.2) is 0 Å². The maximum Gasteiger partial charge on any atom is 0.323 e. The van der Waals surface area contributed by atoms with Crippen LogP contribution in [-0.2, 0) is 9.53 Å². The van der Waals surface area contributed by atoms with Crippen LogP contribution in [0.1, 0.15) is 39.0 Å². The highest BCUT2D eigenvalue weighted by Crippen LogP contribution is 2.19. The summed E-state index contributed by atoms with van der Waals surface area (Å²) in [6.45, 7) is 3.89. The van der Waals surface area contributed by atoms with Gasteiger partial charge < -0.3 is 10.5 Å². The van der Waals surface area contributed by atoms with Crippen LogP contribution < -0.4 is 5.73 Å². The number of esters is 1. The Morgan fingerprint density at radius 2 is 2.25 bits per heavy atom. The van der Waals surface area contributed by atoms with Crippen LogP contribution in [0.5, 0.6) is 0 Å². The van der Waals surface area contributed by atoms with Crippen molar-refractivity contribution in [1.82, 2.24) is 4.90 Å². The summed E-state index contributed by atoms with van der Waals surface area (Å²) in [5, 5.41) is 0. The van der Waals surface area contributed by atoms with Crippen molar-refractivity contribution in [2.75, 3.05) is 20.2 Å². The van der Waals surface area contributed by atoms with Gasteiger partial charge in [0.2, 0.25) is 0 Å². The Morgan fingerprint density at radius 1 is 1.50 bits per heavy atom. The molecule has 2 atom stereocenters. The molecule has 16 heavy (non-hydrogen) atoms. The Hall–Kier alpha value is -0.610. The first-order chi connectivity index (χ1) is 7.69. The molecule has 0 bridgehead atoms. The third-order valence-electron chi connectivity index (χ3n) is 3.41. The number of likely N-dealkylation sites (tertiary alicyclic amines) is 1. The number of hydrogen-bond donors (Lipinski definition) is 1. The van der Waals surface area contributed by atoms with Crippen LogP contribution in [0.3, 0.4) is 0 Å². The van der Waals surface area contributed by atoms with Gasteiger partial charge in [0.25, 0.3) is 0 Å². The lowest BCUT2D eigenvalue weighted by molar-refractivity contribution is -0.142. The summed E-state index contributed by atoms with van der Waals surface area (Å²) in [6.07, 6.45) is 6.16. The van der Waals surface area contributed by atoms with Crippen LogP contribution in [0.2, 0.25) is 0 Å². The topological polar surface area (TPSA) is 55.6 Å². The van der Waals surface area contributed by atoms with E-state index in [9.17, 15) is 4.79 Å². The van der Waals surface area contributed by atoms with Crippen molar-refractivity contribution in [3.05, 3.63) is 0 Å². The zero-order chi connectivity index (χ0) is 12.0. The van der Waals surface area contributed by atoms with Gasteiger partial charge >= 0.3 is 5.97 Å². The predicted octanol–water partition coefficient (Wildman–Crippen LogP) is 1.14. The van der Waals surface area contributed by atoms with Crippen LogP contribution in [0, 0.1) is 0 Å². The molecule has 1 aliphatic heterocycles. The molecule has 2 unspecified atom stereocenters. The van der Waals surface area contributed by atoms with Gasteiger partial charge in [-0.1, -0.05) is 19.8 Å². The van der Waals surface area contributed by atoms with Gasteiger partial charge in [-0.2, -0.15) is 0 Å². The Kier molecular flexibility index (Phi) is 5.77. The molecule has 1 aliphatic rings. The van der Waals surface area contributed by atoms with Gasteiger partial charge in [0.15, 0.2) is 0 Å². The van der Waals surface area contributed by atoms with Crippen LogP contribution in [0.4, 0.5) is 0 Å². The minimum absolute atomic E-state index is 0.306. The maximum atomic E-state index is 11.3. The average molecular weight is 228 g/mol. The zero-order valence-corrected chi connectivity index (χ0v) is 10.4. The average Bonchev–Trinajstić information content (AvgIpc) is 2.52. The normalized spacial score (nSPS) is 24.8. The number of rotatable bonds is 4. The molecule has 1 saturated heterocycles. The van der Waals surface area contributed by atoms with E-state index in [4.69, 9.17) is 5.73 Å². The molecular weight excluding hydrogens is 204 g/mol. The van der Waals surface area contributed by atoms with E-state index >= 15 is 0 Å². The molecule has 0 radical (unpaired) electrons. The molecule has 0 spiro atoms. The Morgan fingerprint density at radius 3 is 2.88 bits per heavy atom. The van der Waals surface area contributed by atoms with Crippen LogP contribution in [0.25, 0.3) is 0 Å². The number of ether oxygens (including phenoxy) is 1. The number of hydrogen-bond acceptors (Lipinski definition) is 4. The quantitative estimate of drug-likeness (QED) is 0.733. The number of nitrogens with two attached hydrogens (primary N) is 1. The van der Waals surface area contributed by atoms with Gasteiger partial charge in [-0.05, 0) is 25.8 Å². The SMILES string of the molecule is CCC1CCCCCN1CC(N)C(=O)OC. The van der Waals surface area contributed by atoms with E-state index in [2.05, 4.69) is 16.6 Å². The molecule has 1 fully saturated rings. The summed E-state index contributed by atoms with van der Waals surface area (Å²) >= 11 is 0. The molecular formula is C12H24N2O2. The molecule has 94 valence electrons. The van der Waals surface area contributed by atoms with E-state index in [1.807, 2.05) is 0 Å². The summed E-state index contributed by atoms with van der Waals surface area (Å²) in [7, 11) is 1.39. The standard InChI is InChI=1S/C12H24N2O2/c1-3-10-7-5-4-6-8-14(10)9-11(13)12(15)16-2/h10-11H,3-9,13H2,1-2H3. The molecule has 4 nitrogen and oxygen atoms in total. The van der Waals surface area contributed by atoms with E-state index in [0.29, 0.717) is 12.6 Å². The fraction of sp³-hybridized carbons (Fsp3) is 0.917. The highest BCUT2D eigenvalue weighted by molar-refractivity contribution is 5.75. The second-order valence-corrected chi connectivity index (χ2v) is 4.54. The third-order valence-corrected chi connectivity index (χ3v) is 3.41. The monoisotopic (exact) mass is 228 g/mol. The Labute approximate surface area is 98.1 Å². The van der Waals surface area contributed by atoms with Crippen molar-refractivity contribution >= 4 is 5.97 Å². The molecule has 1 heterocycles. The van der Waals surface area contributed by atoms with Crippen molar-refractivity contribution in [1.29, 1.82) is 0 Å². The molecule has 0 aromatic carbocycles. The summed E-state index contributed by atoms with van der Waals surface area (Å²) in [5.41, 5.74) is 5.81. The van der Waals surface area contributed by atoms with Gasteiger partial charge in [-0.15, -0.1) is 0 Å². The Balaban J connectivity index is 2.50. The molecule has 1 rings (SSSR count). The summed E-state index contributed by atoms with van der Waals surface area (Å²) in [4.78, 5) is 13.6. The van der Waals surface area contributed by atoms with E-state index in [-0.39, 0.29) is 5.97 Å². The van der Waals surface area contributed by atoms with Gasteiger partial charge in [0.05, 0.1) is 7.11 Å². The summed E-state index contributed by atoms with van der Waals surface area (Å²) in [6, 6.07) is 0.0790. The number of methoxy groups -OCH3 is 1. The lowest BCUT2D eigenvalue weighted by Crippen LogP contribution is -2.47. The van der Waals surface area contributed by atoms with Crippen LogP contribution in [0.15, 0.2) is 0 Å². The molecule has 0 aromatic rings. The fourth-order valence-electron chi connectivity index (χ4n) is 2.42. The molecule has 0 amide bonds. The lowest BCUT2D eigenvalue weighted by Gasteiger charge is -2.30. The lowest BCUT2D eigenvalue weighted by atomic mass is 10.1. The molecule has 2 N–H and O–H groups in total. The van der Waals surface area contributed by atoms with E-state index < -0.39 is 6.04 Å². The fourth-order valence-corrected chi connectivity index (χ4v) is 2.42. The van der Waals surface area contributed by atoms with Crippen LogP contribution >= 0.6 is 0 Å². The van der Waals surface area contributed by atoms with Crippen LogP contribution in [-0.4, -0.2) is 43.2 Å². The van der Waals surface area contributed by atoms with Crippen molar-refractivity contribution in [3.63, 3.8) is 0 Å². The maximum absolute atomic E-state index is 11.3. The Bertz CT molecular complexity index is 221. The third kappa shape index (κ3) is 3.76. The van der Waals surface area contributed by atoms with E-state index in [1.165, 1.54) is 32.8 Å². The summed E-state index contributed by atoms with van der Waals surface area (Å²) in [5.74, 6) is -0.306. The highest BCUT2D eigenvalue weighted by atomic mass is 16.5. The second-order valence-electron chi connectivity index (χ2n) is 4.54. The number of carbonyl (C=O) groups is 1. The van der Waals surface area contributed by atoms with Gasteiger partial charge in [0.1, 0.15) is 6.04 Å². The predicted molar refractivity (Wildman–Crippen MR) is 64.1 cm³/mol. The first-order valence-corrected chi connectivity index (χ1v) is 6.26. The minimum Gasteiger partial charge on any atom is -0.468 e. The van der Waals surface area contributed by atoms with Crippen molar-refractivity contribution in [2.45, 2.75) is 51.1 Å². The van der Waals surface area contributed by atoms with Crippen molar-refractivity contribution in [3.8, 4) is 0 Å². The van der Waals surface area contributed by atoms with E-state index in [0.717, 1.165) is 13.0 Å². The first-order valence-electron chi connectivity index (χ1n) is 6.26. The summed E-state index contributed by atoms with van der Waals surface area (Å²) < 4.78 is 4.66. The van der Waals surface area contributed by atoms with Gasteiger partial charge in [-0.3, -0.25) is 9.69 Å². The molecule has 0 saturated carbocycles.